The quantitative estimate of drug-likeness (QED) is 0.752. The van der Waals surface area contributed by atoms with Crippen LogP contribution in [0.2, 0.25) is 0 Å². The molecule has 0 N–H and O–H groups in total. The lowest BCUT2D eigenvalue weighted by molar-refractivity contribution is 0.591. The third kappa shape index (κ3) is 2.41. The maximum absolute atomic E-state index is 13.3. The van der Waals surface area contributed by atoms with Gasteiger partial charge in [-0.2, -0.15) is 0 Å². The van der Waals surface area contributed by atoms with Gasteiger partial charge < -0.3 is 0 Å². The minimum Gasteiger partial charge on any atom is -0.254 e. The fourth-order valence-electron chi connectivity index (χ4n) is 1.38. The highest BCUT2D eigenvalue weighted by molar-refractivity contribution is 7.85. The van der Waals surface area contributed by atoms with Crippen LogP contribution < -0.4 is 0 Å². The molecule has 78 valence electrons. The Balaban J connectivity index is 2.94. The zero-order valence-corrected chi connectivity index (χ0v) is 9.31. The van der Waals surface area contributed by atoms with Crippen molar-refractivity contribution in [1.82, 2.24) is 0 Å². The van der Waals surface area contributed by atoms with Crippen LogP contribution in [0.5, 0.6) is 0 Å². The highest BCUT2D eigenvalue weighted by atomic mass is 32.2. The van der Waals surface area contributed by atoms with Crippen molar-refractivity contribution in [1.29, 1.82) is 0 Å². The first-order valence-corrected chi connectivity index (χ1v) is 6.07. The molecule has 1 aromatic carbocycles. The van der Waals surface area contributed by atoms with Crippen LogP contribution in [-0.2, 0) is 10.8 Å². The molecule has 1 nitrogen and oxygen atoms in total. The van der Waals surface area contributed by atoms with Gasteiger partial charge in [-0.15, -0.1) is 0 Å². The minimum atomic E-state index is -1.21. The summed E-state index contributed by atoms with van der Waals surface area (Å²) in [5.74, 6) is -0.363. The zero-order valence-electron chi connectivity index (χ0n) is 8.50. The lowest BCUT2D eigenvalue weighted by Gasteiger charge is -2.12. The third-order valence-electron chi connectivity index (χ3n) is 2.27. The largest absolute Gasteiger partial charge is 0.254 e. The highest BCUT2D eigenvalue weighted by Gasteiger charge is 2.17. The second kappa shape index (κ2) is 5.25. The Kier molecular flexibility index (Phi) is 4.26. The Morgan fingerprint density at radius 1 is 1.29 bits per heavy atom. The summed E-state index contributed by atoms with van der Waals surface area (Å²) in [6.07, 6.45) is 1.63. The molecule has 0 heterocycles. The number of hydrogen-bond donors (Lipinski definition) is 0. The summed E-state index contributed by atoms with van der Waals surface area (Å²) in [7, 11) is -1.21. The molecule has 0 fully saturated rings. The molecule has 1 rings (SSSR count). The highest BCUT2D eigenvalue weighted by Crippen LogP contribution is 2.18. The molecule has 0 aliphatic rings. The molecule has 0 saturated carbocycles. The average molecular weight is 214 g/mol. The molecule has 3 heteroatoms. The summed E-state index contributed by atoms with van der Waals surface area (Å²) >= 11 is 0. The van der Waals surface area contributed by atoms with Gasteiger partial charge in [-0.3, -0.25) is 4.21 Å². The van der Waals surface area contributed by atoms with Gasteiger partial charge in [-0.1, -0.05) is 26.0 Å². The van der Waals surface area contributed by atoms with Crippen molar-refractivity contribution in [3.05, 3.63) is 30.1 Å². The summed E-state index contributed by atoms with van der Waals surface area (Å²) < 4.78 is 25.2. The third-order valence-corrected chi connectivity index (χ3v) is 4.30. The van der Waals surface area contributed by atoms with Crippen molar-refractivity contribution < 1.29 is 8.60 Å². The average Bonchev–Trinajstić information content (AvgIpc) is 2.20. The Labute approximate surface area is 86.8 Å². The number of halogens is 1. The van der Waals surface area contributed by atoms with Crippen LogP contribution in [0.3, 0.4) is 0 Å². The molecule has 0 spiro atoms. The van der Waals surface area contributed by atoms with E-state index in [2.05, 4.69) is 0 Å². The SMILES string of the molecule is CCC(CC)S(=O)c1ccccc1F. The molecule has 1 atom stereocenters. The summed E-state index contributed by atoms with van der Waals surface area (Å²) in [6.45, 7) is 3.96. The molecule has 0 amide bonds. The van der Waals surface area contributed by atoms with Crippen molar-refractivity contribution >= 4 is 10.8 Å². The first-order chi connectivity index (χ1) is 6.70. The minimum absolute atomic E-state index is 0.0619. The van der Waals surface area contributed by atoms with Crippen LogP contribution >= 0.6 is 0 Å². The second-order valence-electron chi connectivity index (χ2n) is 3.17. The van der Waals surface area contributed by atoms with Crippen LogP contribution in [-0.4, -0.2) is 9.46 Å². The zero-order chi connectivity index (χ0) is 10.6. The lowest BCUT2D eigenvalue weighted by atomic mass is 10.3. The van der Waals surface area contributed by atoms with Gasteiger partial charge in [0.1, 0.15) is 5.82 Å². The fourth-order valence-corrected chi connectivity index (χ4v) is 2.82. The van der Waals surface area contributed by atoms with E-state index in [1.807, 2.05) is 13.8 Å². The number of hydrogen-bond acceptors (Lipinski definition) is 1. The Bertz CT molecular complexity index is 321. The molecule has 14 heavy (non-hydrogen) atoms. The van der Waals surface area contributed by atoms with Gasteiger partial charge in [-0.25, -0.2) is 4.39 Å². The molecule has 1 aromatic rings. The smallest absolute Gasteiger partial charge is 0.139 e. The first-order valence-electron chi connectivity index (χ1n) is 4.85. The molecule has 0 radical (unpaired) electrons. The predicted octanol–water partition coefficient (Wildman–Crippen LogP) is 3.12. The van der Waals surface area contributed by atoms with Crippen LogP contribution in [0, 0.1) is 5.82 Å². The van der Waals surface area contributed by atoms with E-state index in [0.717, 1.165) is 12.8 Å². The molecule has 0 aliphatic carbocycles. The fraction of sp³-hybridized carbons (Fsp3) is 0.455. The van der Waals surface area contributed by atoms with Gasteiger partial charge in [0.2, 0.25) is 0 Å². The summed E-state index contributed by atoms with van der Waals surface area (Å²) in [4.78, 5) is 0.334. The Morgan fingerprint density at radius 3 is 2.36 bits per heavy atom. The van der Waals surface area contributed by atoms with Gasteiger partial charge in [0, 0.05) is 5.25 Å². The monoisotopic (exact) mass is 214 g/mol. The molecular formula is C11H15FOS. The van der Waals surface area contributed by atoms with Gasteiger partial charge >= 0.3 is 0 Å². The van der Waals surface area contributed by atoms with Gasteiger partial charge in [-0.05, 0) is 25.0 Å². The standard InChI is InChI=1S/C11H15FOS/c1-3-9(4-2)14(13)11-8-6-5-7-10(11)12/h5-9H,3-4H2,1-2H3. The number of rotatable bonds is 4. The summed E-state index contributed by atoms with van der Waals surface area (Å²) in [5, 5.41) is 0.0619. The summed E-state index contributed by atoms with van der Waals surface area (Å²) in [6, 6.07) is 6.29. The maximum Gasteiger partial charge on any atom is 0.139 e. The van der Waals surface area contributed by atoms with Crippen molar-refractivity contribution in [2.75, 3.05) is 0 Å². The summed E-state index contributed by atoms with van der Waals surface area (Å²) in [5.41, 5.74) is 0. The molecule has 0 aliphatic heterocycles. The van der Waals surface area contributed by atoms with Crippen molar-refractivity contribution in [3.63, 3.8) is 0 Å². The van der Waals surface area contributed by atoms with Gasteiger partial charge in [0.25, 0.3) is 0 Å². The van der Waals surface area contributed by atoms with E-state index in [0.29, 0.717) is 4.90 Å². The molecular weight excluding hydrogens is 199 g/mol. The molecule has 1 unspecified atom stereocenters. The van der Waals surface area contributed by atoms with Crippen LogP contribution in [0.25, 0.3) is 0 Å². The molecule has 0 aromatic heterocycles. The Hall–Kier alpha value is -0.700. The second-order valence-corrected chi connectivity index (χ2v) is 4.87. The van der Waals surface area contributed by atoms with E-state index in [1.165, 1.54) is 6.07 Å². The van der Waals surface area contributed by atoms with E-state index >= 15 is 0 Å². The normalized spacial score (nSPS) is 13.1. The van der Waals surface area contributed by atoms with Crippen LogP contribution in [0.4, 0.5) is 4.39 Å². The van der Waals surface area contributed by atoms with Crippen LogP contribution in [0.1, 0.15) is 26.7 Å². The molecule has 0 saturated heterocycles. The van der Waals surface area contributed by atoms with Gasteiger partial charge in [0.15, 0.2) is 0 Å². The Morgan fingerprint density at radius 2 is 1.86 bits per heavy atom. The van der Waals surface area contributed by atoms with Crippen molar-refractivity contribution in [2.45, 2.75) is 36.8 Å². The van der Waals surface area contributed by atoms with E-state index in [4.69, 9.17) is 0 Å². The predicted molar refractivity (Wildman–Crippen MR) is 57.2 cm³/mol. The molecule has 0 bridgehead atoms. The number of benzene rings is 1. The van der Waals surface area contributed by atoms with E-state index in [-0.39, 0.29) is 11.1 Å². The van der Waals surface area contributed by atoms with Gasteiger partial charge in [0.05, 0.1) is 15.7 Å². The van der Waals surface area contributed by atoms with E-state index < -0.39 is 10.8 Å². The van der Waals surface area contributed by atoms with Crippen LogP contribution in [0.15, 0.2) is 29.2 Å². The van der Waals surface area contributed by atoms with E-state index in [9.17, 15) is 8.60 Å². The van der Waals surface area contributed by atoms with E-state index in [1.54, 1.807) is 18.2 Å². The first kappa shape index (κ1) is 11.4. The van der Waals surface area contributed by atoms with Crippen molar-refractivity contribution in [3.8, 4) is 0 Å². The van der Waals surface area contributed by atoms with Crippen molar-refractivity contribution in [2.24, 2.45) is 0 Å². The lowest BCUT2D eigenvalue weighted by Crippen LogP contribution is -2.13. The topological polar surface area (TPSA) is 17.1 Å². The maximum atomic E-state index is 13.3.